The number of ether oxygens (including phenoxy) is 1. The van der Waals surface area contributed by atoms with Crippen molar-refractivity contribution in [2.24, 2.45) is 29.6 Å². The molecule has 12 amide bonds. The molecule has 104 heavy (non-hydrogen) atoms. The van der Waals surface area contributed by atoms with E-state index in [0.717, 1.165) is 6.42 Å². The minimum atomic E-state index is -1.67. The molecule has 2 aliphatic heterocycles. The summed E-state index contributed by atoms with van der Waals surface area (Å²) >= 11 is 0. The second-order valence-electron chi connectivity index (χ2n) is 29.9. The first-order chi connectivity index (χ1) is 49.2. The predicted octanol–water partition coefficient (Wildman–Crippen LogP) is 3.65. The summed E-state index contributed by atoms with van der Waals surface area (Å²) in [5.74, 6) is -10.4. The smallest absolute Gasteiger partial charge is 0.248 e. The Bertz CT molecular complexity index is 3110. The molecule has 2 aromatic carbocycles. The van der Waals surface area contributed by atoms with Crippen LogP contribution in [-0.4, -0.2) is 276 Å². The van der Waals surface area contributed by atoms with E-state index in [1.165, 1.54) is 76.5 Å². The third-order valence-corrected chi connectivity index (χ3v) is 19.3. The molecule has 0 radical (unpaired) electrons. The second kappa shape index (κ2) is 44.0. The Morgan fingerprint density at radius 1 is 0.510 bits per heavy atom. The quantitative estimate of drug-likeness (QED) is 0.0865. The Kier molecular flexibility index (Phi) is 37.4. The van der Waals surface area contributed by atoms with Gasteiger partial charge >= 0.3 is 0 Å². The lowest BCUT2D eigenvalue weighted by molar-refractivity contribution is -0.151. The van der Waals surface area contributed by atoms with Crippen molar-refractivity contribution in [2.45, 2.75) is 214 Å². The largest absolute Gasteiger partial charge is 0.394 e. The number of nitrogens with one attached hydrogen (secondary N) is 4. The zero-order valence-electron chi connectivity index (χ0n) is 64.9. The summed E-state index contributed by atoms with van der Waals surface area (Å²) in [6.07, 6.45) is 1.69. The molecular weight excluding hydrogens is 1330 g/mol. The zero-order chi connectivity index (χ0) is 77.7. The minimum absolute atomic E-state index is 0.0281. The van der Waals surface area contributed by atoms with Gasteiger partial charge in [0.05, 0.1) is 51.4 Å². The second-order valence-corrected chi connectivity index (χ2v) is 29.9. The van der Waals surface area contributed by atoms with Crippen LogP contribution in [0.15, 0.2) is 60.7 Å². The predicted molar refractivity (Wildman–Crippen MR) is 396 cm³/mol. The molecule has 2 aliphatic rings. The van der Waals surface area contributed by atoms with Gasteiger partial charge in [0.2, 0.25) is 70.9 Å². The number of aliphatic hydroxyl groups excluding tert-OH is 2. The van der Waals surface area contributed by atoms with Crippen LogP contribution in [0.5, 0.6) is 0 Å². The van der Waals surface area contributed by atoms with Gasteiger partial charge in [-0.15, -0.1) is 0 Å². The van der Waals surface area contributed by atoms with E-state index in [-0.39, 0.29) is 88.5 Å². The monoisotopic (exact) mass is 1460 g/mol. The van der Waals surface area contributed by atoms with Crippen molar-refractivity contribution in [1.82, 2.24) is 60.5 Å². The molecule has 2 fully saturated rings. The number of rotatable bonds is 23. The molecule has 0 unspecified atom stereocenters. The van der Waals surface area contributed by atoms with Gasteiger partial charge in [-0.3, -0.25) is 57.5 Å². The summed E-state index contributed by atoms with van der Waals surface area (Å²) < 4.78 is 5.73. The molecule has 0 bridgehead atoms. The highest BCUT2D eigenvalue weighted by Gasteiger charge is 2.43. The van der Waals surface area contributed by atoms with Crippen LogP contribution in [0.1, 0.15) is 158 Å². The molecule has 2 heterocycles. The molecule has 27 nitrogen and oxygen atoms in total. The number of unbranched alkanes of at least 4 members (excludes halogenated alkanes) is 1. The lowest BCUT2D eigenvalue weighted by atomic mass is 9.96. The molecule has 582 valence electrons. The average molecular weight is 1460 g/mol. The van der Waals surface area contributed by atoms with Crippen LogP contribution >= 0.6 is 0 Å². The van der Waals surface area contributed by atoms with Crippen molar-refractivity contribution in [3.05, 3.63) is 71.8 Å². The molecule has 2 aromatic rings. The SMILES string of the molecule is CCCCN1CC(=O)N(C)[C@@H](Cc2ccccc2)C(=O)NC[C@@H](COCCO)C(=O)N(C)[C@@H](CC(C)C)C(=O)N[C@@H]([C@@H](C)O)C(=O)N(CCC)CC(=O)N(C)[C@@H](Cc2ccccc2)C(=O)N(C)[C@@H](CC(C)C)C(=O)N[C@@H](CC(C)C)C(=O)N(C)[C@@H](CC(C)C)C(=O)N[C@H](C(=O)N2CCCCC2)CC1=O. The van der Waals surface area contributed by atoms with Gasteiger partial charge < -0.3 is 75.4 Å². The highest BCUT2D eigenvalue weighted by atomic mass is 16.5. The van der Waals surface area contributed by atoms with Crippen LogP contribution in [0, 0.1) is 29.6 Å². The standard InChI is InChI=1S/C77H124N12O15/c1-17-19-34-88-47-66(93)82(12)63(43-55-29-23-20-24-30-55)69(95)78-46-57(49-104-38-37-90)73(99)84(14)62(42-53(9)10)72(98)81-68(54(11)91)77(103)89(33-18-2)48-67(94)83(13)64(44-56-31-25-21-26-32-56)76(102)86(16)61(41-52(7)8)71(97)79-58(39-50(3)4)74(100)85(15)60(40-51(5)6)70(96)80-59(45-65(88)92)75(101)87-35-27-22-28-36-87/h20-21,23-26,29-32,50-54,57-64,68,90-91H,17-19,22,27-28,33-49H2,1-16H3,(H,78,95)(H,79,97)(H,80,96)(H,81,98)/t54-,57+,58+,59+,60+,61+,62+,63+,64+,68+/m1/s1. The fraction of sp³-hybridized carbons (Fsp3) is 0.688. The van der Waals surface area contributed by atoms with Gasteiger partial charge in [0.25, 0.3) is 0 Å². The molecule has 0 saturated carbocycles. The van der Waals surface area contributed by atoms with Gasteiger partial charge in [-0.2, -0.15) is 0 Å². The fourth-order valence-corrected chi connectivity index (χ4v) is 13.2. The van der Waals surface area contributed by atoms with Crippen molar-refractivity contribution >= 4 is 70.9 Å². The Labute approximate surface area is 617 Å². The van der Waals surface area contributed by atoms with Crippen LogP contribution in [-0.2, 0) is 75.1 Å². The number of likely N-dealkylation sites (tertiary alicyclic amines) is 1. The maximum atomic E-state index is 15.4. The van der Waals surface area contributed by atoms with E-state index in [9.17, 15) is 43.8 Å². The number of carbonyl (C=O) groups is 12. The fourth-order valence-electron chi connectivity index (χ4n) is 13.2. The lowest BCUT2D eigenvalue weighted by Gasteiger charge is -2.37. The number of carbonyl (C=O) groups excluding carboxylic acids is 12. The first kappa shape index (κ1) is 88.4. The van der Waals surface area contributed by atoms with Gasteiger partial charge in [-0.05, 0) is 99.5 Å². The molecule has 0 spiro atoms. The van der Waals surface area contributed by atoms with E-state index in [2.05, 4.69) is 21.3 Å². The van der Waals surface area contributed by atoms with E-state index < -0.39 is 164 Å². The zero-order valence-corrected chi connectivity index (χ0v) is 64.9. The van der Waals surface area contributed by atoms with Crippen LogP contribution in [0.2, 0.25) is 0 Å². The first-order valence-corrected chi connectivity index (χ1v) is 37.5. The van der Waals surface area contributed by atoms with Crippen LogP contribution in [0.25, 0.3) is 0 Å². The normalized spacial score (nSPS) is 23.9. The van der Waals surface area contributed by atoms with Crippen molar-refractivity contribution in [3.63, 3.8) is 0 Å². The third-order valence-electron chi connectivity index (χ3n) is 19.3. The Morgan fingerprint density at radius 3 is 1.47 bits per heavy atom. The van der Waals surface area contributed by atoms with Crippen LogP contribution in [0.4, 0.5) is 0 Å². The summed E-state index contributed by atoms with van der Waals surface area (Å²) in [6.45, 7) is 18.0. The number of hydrogen-bond acceptors (Lipinski definition) is 15. The van der Waals surface area contributed by atoms with Crippen molar-refractivity contribution in [3.8, 4) is 0 Å². The van der Waals surface area contributed by atoms with Gasteiger partial charge in [-0.25, -0.2) is 0 Å². The molecule has 10 atom stereocenters. The van der Waals surface area contributed by atoms with E-state index in [0.29, 0.717) is 56.3 Å². The van der Waals surface area contributed by atoms with Gasteiger partial charge in [0, 0.05) is 80.8 Å². The molecule has 27 heteroatoms. The molecule has 0 aromatic heterocycles. The van der Waals surface area contributed by atoms with Crippen LogP contribution in [0.3, 0.4) is 0 Å². The molecule has 2 saturated heterocycles. The molecular formula is C77H124N12O15. The van der Waals surface area contributed by atoms with E-state index in [1.54, 1.807) is 72.5 Å². The number of aliphatic hydroxyl groups is 2. The lowest BCUT2D eigenvalue weighted by Crippen LogP contribution is -2.61. The van der Waals surface area contributed by atoms with E-state index >= 15 is 24.0 Å². The summed E-state index contributed by atoms with van der Waals surface area (Å²) in [7, 11) is 7.12. The Morgan fingerprint density at radius 2 is 0.981 bits per heavy atom. The average Bonchev–Trinajstić information content (AvgIpc) is 0.835. The van der Waals surface area contributed by atoms with Gasteiger partial charge in [0.15, 0.2) is 0 Å². The van der Waals surface area contributed by atoms with E-state index in [4.69, 9.17) is 4.74 Å². The van der Waals surface area contributed by atoms with Gasteiger partial charge in [-0.1, -0.05) is 136 Å². The van der Waals surface area contributed by atoms with Crippen molar-refractivity contribution in [1.29, 1.82) is 0 Å². The summed E-state index contributed by atoms with van der Waals surface area (Å²) in [4.78, 5) is 191. The highest BCUT2D eigenvalue weighted by molar-refractivity contribution is 5.99. The number of nitrogens with zero attached hydrogens (tertiary/aromatic N) is 8. The third kappa shape index (κ3) is 27.1. The highest BCUT2D eigenvalue weighted by Crippen LogP contribution is 2.23. The Hall–Kier alpha value is -8.04. The molecule has 4 rings (SSSR count). The maximum absolute atomic E-state index is 15.4. The number of hydrogen-bond donors (Lipinski definition) is 6. The first-order valence-electron chi connectivity index (χ1n) is 37.5. The molecule has 6 N–H and O–H groups in total. The van der Waals surface area contributed by atoms with E-state index in [1.807, 2.05) is 62.3 Å². The minimum Gasteiger partial charge on any atom is -0.394 e. The van der Waals surface area contributed by atoms with Crippen molar-refractivity contribution < 1.29 is 72.5 Å². The number of piperidine rings is 1. The van der Waals surface area contributed by atoms with Crippen LogP contribution < -0.4 is 21.3 Å². The number of likely N-dealkylation sites (N-methyl/N-ethyl adjacent to an activating group) is 5. The Balaban J connectivity index is 1.99. The number of amides is 12. The summed E-state index contributed by atoms with van der Waals surface area (Å²) in [5.41, 5.74) is 1.32. The maximum Gasteiger partial charge on any atom is 0.248 e. The molecule has 0 aliphatic carbocycles. The van der Waals surface area contributed by atoms with Gasteiger partial charge in [0.1, 0.15) is 48.3 Å². The van der Waals surface area contributed by atoms with Crippen molar-refractivity contribution in [2.75, 3.05) is 101 Å². The number of benzene rings is 2. The summed E-state index contributed by atoms with van der Waals surface area (Å²) in [5, 5.41) is 32.6. The summed E-state index contributed by atoms with van der Waals surface area (Å²) in [6, 6.07) is 7.07. The topological polar surface area (TPSA) is 329 Å².